The summed E-state index contributed by atoms with van der Waals surface area (Å²) in [5.41, 5.74) is 9.51. The number of likely N-dealkylation sites (tertiary alicyclic amines) is 1. The van der Waals surface area contributed by atoms with Crippen LogP contribution in [-0.4, -0.2) is 73.8 Å². The minimum absolute atomic E-state index is 0.0208. The largest absolute Gasteiger partial charge is 0.364 e. The van der Waals surface area contributed by atoms with Gasteiger partial charge in [0.25, 0.3) is 11.8 Å². The number of carbonyl (C=O) groups is 4. The molecule has 2 unspecified atom stereocenters. The second kappa shape index (κ2) is 11.1. The van der Waals surface area contributed by atoms with E-state index in [1.54, 1.807) is 71.9 Å². The number of hydrogen-bond acceptors (Lipinski definition) is 7. The number of halogens is 1. The Bertz CT molecular complexity index is 1800. The highest BCUT2D eigenvalue weighted by atomic mass is 19.1. The van der Waals surface area contributed by atoms with Crippen LogP contribution < -0.4 is 16.0 Å². The van der Waals surface area contributed by atoms with Crippen LogP contribution in [0.15, 0.2) is 72.6 Å². The first-order valence-corrected chi connectivity index (χ1v) is 13.6. The average Bonchev–Trinajstić information content (AvgIpc) is 3.67. The van der Waals surface area contributed by atoms with E-state index in [4.69, 9.17) is 5.73 Å². The highest BCUT2D eigenvalue weighted by Gasteiger charge is 2.40. The minimum Gasteiger partial charge on any atom is -0.364 e. The molecule has 0 aliphatic carbocycles. The molecule has 4 heterocycles. The summed E-state index contributed by atoms with van der Waals surface area (Å²) in [6.45, 7) is 1.72. The summed E-state index contributed by atoms with van der Waals surface area (Å²) >= 11 is 0. The van der Waals surface area contributed by atoms with Crippen molar-refractivity contribution in [2.24, 2.45) is 5.73 Å². The summed E-state index contributed by atoms with van der Waals surface area (Å²) in [6.07, 6.45) is 3.11. The van der Waals surface area contributed by atoms with E-state index in [-0.39, 0.29) is 31.1 Å². The quantitative estimate of drug-likeness (QED) is 0.339. The zero-order chi connectivity index (χ0) is 30.2. The maximum Gasteiger partial charge on any atom is 0.269 e. The number of primary amides is 1. The Labute approximate surface area is 245 Å². The highest BCUT2D eigenvalue weighted by Crippen LogP contribution is 2.29. The number of aromatic nitrogens is 4. The molecular formula is C30H27FN8O4. The SMILES string of the molecule is CC1=CC(=O)N(c2cccc(NC(=O)C3CC(F)CN3C(=O)Cn3nc(C(N)=O)c4cc(-c5ccnnc5)ccc43)c2)C1. The summed E-state index contributed by atoms with van der Waals surface area (Å²) in [5, 5.41) is 15.1. The molecule has 12 nitrogen and oxygen atoms in total. The van der Waals surface area contributed by atoms with Crippen molar-refractivity contribution in [2.45, 2.75) is 32.1 Å². The summed E-state index contributed by atoms with van der Waals surface area (Å²) in [5.74, 6) is -2.01. The molecule has 2 aliphatic rings. The van der Waals surface area contributed by atoms with Gasteiger partial charge in [-0.25, -0.2) is 4.39 Å². The van der Waals surface area contributed by atoms with Gasteiger partial charge in [-0.15, -0.1) is 0 Å². The number of alkyl halides is 1. The van der Waals surface area contributed by atoms with Gasteiger partial charge in [-0.1, -0.05) is 12.1 Å². The lowest BCUT2D eigenvalue weighted by atomic mass is 10.0. The molecule has 13 heteroatoms. The van der Waals surface area contributed by atoms with Crippen LogP contribution in [0.2, 0.25) is 0 Å². The average molecular weight is 583 g/mol. The van der Waals surface area contributed by atoms with Crippen LogP contribution in [0.4, 0.5) is 15.8 Å². The van der Waals surface area contributed by atoms with Crippen molar-refractivity contribution in [1.82, 2.24) is 24.9 Å². The summed E-state index contributed by atoms with van der Waals surface area (Å²) < 4.78 is 16.0. The third-order valence-electron chi connectivity index (χ3n) is 7.53. The number of benzene rings is 2. The molecule has 218 valence electrons. The van der Waals surface area contributed by atoms with Crippen molar-refractivity contribution < 1.29 is 23.6 Å². The van der Waals surface area contributed by atoms with Crippen LogP contribution in [0.25, 0.3) is 22.0 Å². The molecule has 1 fully saturated rings. The normalized spacial score (nSPS) is 18.3. The van der Waals surface area contributed by atoms with Crippen LogP contribution in [0.5, 0.6) is 0 Å². The topological polar surface area (TPSA) is 156 Å². The molecule has 4 amide bonds. The molecule has 0 spiro atoms. The maximum atomic E-state index is 14.6. The Hall–Kier alpha value is -5.46. The maximum absolute atomic E-state index is 14.6. The summed E-state index contributed by atoms with van der Waals surface area (Å²) in [4.78, 5) is 54.0. The van der Waals surface area contributed by atoms with Crippen LogP contribution in [0.3, 0.4) is 0 Å². The van der Waals surface area contributed by atoms with Crippen LogP contribution >= 0.6 is 0 Å². The second-order valence-corrected chi connectivity index (χ2v) is 10.6. The molecular weight excluding hydrogens is 555 g/mol. The number of nitrogens with one attached hydrogen (secondary N) is 1. The van der Waals surface area contributed by atoms with Crippen molar-refractivity contribution in [1.29, 1.82) is 0 Å². The Morgan fingerprint density at radius 3 is 2.65 bits per heavy atom. The monoisotopic (exact) mass is 582 g/mol. The van der Waals surface area contributed by atoms with Gasteiger partial charge >= 0.3 is 0 Å². The van der Waals surface area contributed by atoms with Crippen molar-refractivity contribution in [3.05, 3.63) is 78.3 Å². The number of rotatable bonds is 7. The minimum atomic E-state index is -1.39. The number of nitrogens with two attached hydrogens (primary N) is 1. The number of amides is 4. The van der Waals surface area contributed by atoms with Gasteiger partial charge in [0.15, 0.2) is 5.69 Å². The van der Waals surface area contributed by atoms with E-state index >= 15 is 0 Å². The van der Waals surface area contributed by atoms with Gasteiger partial charge in [0, 0.05) is 41.4 Å². The molecule has 2 atom stereocenters. The molecule has 2 aromatic carbocycles. The second-order valence-electron chi connectivity index (χ2n) is 10.6. The summed E-state index contributed by atoms with van der Waals surface area (Å²) in [7, 11) is 0. The van der Waals surface area contributed by atoms with E-state index in [0.717, 1.165) is 16.7 Å². The van der Waals surface area contributed by atoms with E-state index in [2.05, 4.69) is 20.6 Å². The van der Waals surface area contributed by atoms with E-state index in [0.29, 0.717) is 28.8 Å². The Kier molecular flexibility index (Phi) is 7.14. The van der Waals surface area contributed by atoms with Gasteiger partial charge in [0.1, 0.15) is 18.8 Å². The zero-order valence-corrected chi connectivity index (χ0v) is 23.1. The Morgan fingerprint density at radius 2 is 1.93 bits per heavy atom. The molecule has 43 heavy (non-hydrogen) atoms. The molecule has 0 bridgehead atoms. The van der Waals surface area contributed by atoms with Gasteiger partial charge in [0.05, 0.1) is 24.5 Å². The van der Waals surface area contributed by atoms with Crippen molar-refractivity contribution in [2.75, 3.05) is 23.3 Å². The predicted octanol–water partition coefficient (Wildman–Crippen LogP) is 2.46. The van der Waals surface area contributed by atoms with Crippen molar-refractivity contribution in [3.63, 3.8) is 0 Å². The highest BCUT2D eigenvalue weighted by molar-refractivity contribution is 6.06. The van der Waals surface area contributed by atoms with Gasteiger partial charge in [-0.2, -0.15) is 15.3 Å². The smallest absolute Gasteiger partial charge is 0.269 e. The lowest BCUT2D eigenvalue weighted by Gasteiger charge is -2.24. The molecule has 0 saturated carbocycles. The van der Waals surface area contributed by atoms with Crippen LogP contribution in [0.1, 0.15) is 23.8 Å². The van der Waals surface area contributed by atoms with Gasteiger partial charge in [0.2, 0.25) is 11.8 Å². The van der Waals surface area contributed by atoms with E-state index in [9.17, 15) is 23.6 Å². The van der Waals surface area contributed by atoms with Gasteiger partial charge in [-0.05, 0) is 54.5 Å². The standard InChI is InChI=1S/C30H27FN8O4/c1-17-9-26(40)37(14-17)22-4-2-3-21(12-22)35-30(43)25-11-20(31)15-38(25)27(41)16-39-24-6-5-18(19-7-8-33-34-13-19)10-23(24)28(36-39)29(32)42/h2-10,12-13,20,25H,11,14-16H2,1H3,(H2,32,42)(H,35,43). The number of hydrogen-bond donors (Lipinski definition) is 2. The van der Waals surface area contributed by atoms with E-state index < -0.39 is 29.9 Å². The van der Waals surface area contributed by atoms with Crippen LogP contribution in [0, 0.1) is 0 Å². The van der Waals surface area contributed by atoms with Crippen molar-refractivity contribution >= 4 is 45.9 Å². The fourth-order valence-electron chi connectivity index (χ4n) is 5.51. The van der Waals surface area contributed by atoms with Crippen LogP contribution in [-0.2, 0) is 20.9 Å². The fourth-order valence-corrected chi connectivity index (χ4v) is 5.51. The predicted molar refractivity (Wildman–Crippen MR) is 155 cm³/mol. The fraction of sp³-hybridized carbons (Fsp3) is 0.233. The first kappa shape index (κ1) is 27.7. The van der Waals surface area contributed by atoms with E-state index in [1.165, 1.54) is 9.58 Å². The molecule has 4 aromatic rings. The Morgan fingerprint density at radius 1 is 1.09 bits per heavy atom. The third kappa shape index (κ3) is 5.44. The number of anilines is 2. The van der Waals surface area contributed by atoms with Crippen molar-refractivity contribution in [3.8, 4) is 11.1 Å². The zero-order valence-electron chi connectivity index (χ0n) is 23.1. The molecule has 2 aliphatic heterocycles. The molecule has 1 saturated heterocycles. The lowest BCUT2D eigenvalue weighted by Crippen LogP contribution is -2.44. The molecule has 0 radical (unpaired) electrons. The molecule has 6 rings (SSSR count). The third-order valence-corrected chi connectivity index (χ3v) is 7.53. The van der Waals surface area contributed by atoms with E-state index in [1.807, 2.05) is 6.92 Å². The first-order chi connectivity index (χ1) is 20.7. The van der Waals surface area contributed by atoms with Gasteiger partial charge < -0.3 is 20.9 Å². The molecule has 2 aromatic heterocycles. The molecule has 3 N–H and O–H groups in total. The summed E-state index contributed by atoms with van der Waals surface area (Å²) in [6, 6.07) is 12.7. The number of fused-ring (bicyclic) bond motifs is 1. The number of nitrogens with zero attached hydrogens (tertiary/aromatic N) is 6. The number of carbonyl (C=O) groups excluding carboxylic acids is 4. The van der Waals surface area contributed by atoms with Gasteiger partial charge in [-0.3, -0.25) is 23.9 Å². The lowest BCUT2D eigenvalue weighted by molar-refractivity contribution is -0.137. The first-order valence-electron chi connectivity index (χ1n) is 13.6. The Balaban J connectivity index is 1.21.